The summed E-state index contributed by atoms with van der Waals surface area (Å²) in [6.07, 6.45) is 0.742. The smallest absolute Gasteiger partial charge is 0.256 e. The number of amides is 1. The van der Waals surface area contributed by atoms with Crippen LogP contribution in [-0.2, 0) is 13.0 Å². The number of aryl methyl sites for hydroxylation is 1. The van der Waals surface area contributed by atoms with Crippen LogP contribution in [0.1, 0.15) is 28.6 Å². The Labute approximate surface area is 134 Å². The standard InChI is InChI=1S/C19H18FNO2/c1-3-17-15(13-8-5-7-11-18(13)23-17)12-21(2)19(22)14-9-4-6-10-16(14)20/h4-11H,3,12H2,1-2H3. The number of hydrogen-bond donors (Lipinski definition) is 0. The molecule has 3 aromatic rings. The number of nitrogens with zero attached hydrogens (tertiary/aromatic N) is 1. The molecule has 118 valence electrons. The second-order valence-electron chi connectivity index (χ2n) is 5.49. The fourth-order valence-electron chi connectivity index (χ4n) is 2.76. The summed E-state index contributed by atoms with van der Waals surface area (Å²) in [5, 5.41) is 0.998. The zero-order chi connectivity index (χ0) is 16.4. The summed E-state index contributed by atoms with van der Waals surface area (Å²) < 4.78 is 19.7. The minimum absolute atomic E-state index is 0.0841. The normalized spacial score (nSPS) is 10.9. The fraction of sp³-hybridized carbons (Fsp3) is 0.211. The Morgan fingerprint density at radius 2 is 1.83 bits per heavy atom. The van der Waals surface area contributed by atoms with Crippen LogP contribution in [0.25, 0.3) is 11.0 Å². The molecule has 0 spiro atoms. The number of hydrogen-bond acceptors (Lipinski definition) is 2. The van der Waals surface area contributed by atoms with Gasteiger partial charge in [-0.15, -0.1) is 0 Å². The van der Waals surface area contributed by atoms with Gasteiger partial charge in [-0.2, -0.15) is 0 Å². The Morgan fingerprint density at radius 1 is 1.13 bits per heavy atom. The SMILES string of the molecule is CCc1oc2ccccc2c1CN(C)C(=O)c1ccccc1F. The first kappa shape index (κ1) is 15.3. The highest BCUT2D eigenvalue weighted by atomic mass is 19.1. The molecule has 0 fully saturated rings. The number of benzene rings is 2. The zero-order valence-electron chi connectivity index (χ0n) is 13.2. The maximum Gasteiger partial charge on any atom is 0.256 e. The van der Waals surface area contributed by atoms with E-state index in [-0.39, 0.29) is 11.5 Å². The molecular weight excluding hydrogens is 293 g/mol. The van der Waals surface area contributed by atoms with Gasteiger partial charge in [0.2, 0.25) is 0 Å². The van der Waals surface area contributed by atoms with E-state index >= 15 is 0 Å². The van der Waals surface area contributed by atoms with Gasteiger partial charge in [-0.25, -0.2) is 4.39 Å². The van der Waals surface area contributed by atoms with Crippen LogP contribution in [0.15, 0.2) is 52.9 Å². The molecule has 4 heteroatoms. The molecule has 1 heterocycles. The van der Waals surface area contributed by atoms with Gasteiger partial charge in [0.1, 0.15) is 17.2 Å². The van der Waals surface area contributed by atoms with Crippen LogP contribution < -0.4 is 0 Å². The second kappa shape index (κ2) is 6.24. The van der Waals surface area contributed by atoms with Crippen molar-refractivity contribution >= 4 is 16.9 Å². The molecule has 0 saturated heterocycles. The number of rotatable bonds is 4. The monoisotopic (exact) mass is 311 g/mol. The van der Waals surface area contributed by atoms with E-state index in [2.05, 4.69) is 0 Å². The van der Waals surface area contributed by atoms with Crippen molar-refractivity contribution in [2.24, 2.45) is 0 Å². The highest BCUT2D eigenvalue weighted by Crippen LogP contribution is 2.27. The van der Waals surface area contributed by atoms with Gasteiger partial charge in [0, 0.05) is 31.0 Å². The third-order valence-corrected chi connectivity index (χ3v) is 3.95. The van der Waals surface area contributed by atoms with Gasteiger partial charge < -0.3 is 9.32 Å². The van der Waals surface area contributed by atoms with E-state index in [9.17, 15) is 9.18 Å². The molecule has 3 rings (SSSR count). The van der Waals surface area contributed by atoms with Crippen molar-refractivity contribution in [3.63, 3.8) is 0 Å². The predicted molar refractivity (Wildman–Crippen MR) is 87.8 cm³/mol. The summed E-state index contributed by atoms with van der Waals surface area (Å²) in [5.41, 5.74) is 1.88. The Kier molecular flexibility index (Phi) is 4.15. The molecule has 3 nitrogen and oxygen atoms in total. The Balaban J connectivity index is 1.93. The van der Waals surface area contributed by atoms with E-state index in [0.717, 1.165) is 28.7 Å². The maximum atomic E-state index is 13.8. The van der Waals surface area contributed by atoms with E-state index in [4.69, 9.17) is 4.42 Å². The van der Waals surface area contributed by atoms with E-state index in [1.54, 1.807) is 19.2 Å². The van der Waals surface area contributed by atoms with Crippen LogP contribution in [0.5, 0.6) is 0 Å². The first-order valence-corrected chi connectivity index (χ1v) is 7.61. The van der Waals surface area contributed by atoms with Gasteiger partial charge in [0.05, 0.1) is 5.56 Å². The molecule has 0 aliphatic heterocycles. The number of halogens is 1. The van der Waals surface area contributed by atoms with E-state index in [1.165, 1.54) is 17.0 Å². The van der Waals surface area contributed by atoms with Crippen LogP contribution >= 0.6 is 0 Å². The molecule has 1 amide bonds. The van der Waals surface area contributed by atoms with Crippen molar-refractivity contribution < 1.29 is 13.6 Å². The molecule has 0 atom stereocenters. The summed E-state index contributed by atoms with van der Waals surface area (Å²) in [4.78, 5) is 14.0. The molecule has 0 N–H and O–H groups in total. The molecule has 0 aliphatic rings. The third kappa shape index (κ3) is 2.84. The van der Waals surface area contributed by atoms with E-state index < -0.39 is 5.82 Å². The van der Waals surface area contributed by atoms with Crippen LogP contribution in [0.4, 0.5) is 4.39 Å². The molecular formula is C19H18FNO2. The van der Waals surface area contributed by atoms with Gasteiger partial charge in [0.15, 0.2) is 0 Å². The van der Waals surface area contributed by atoms with Gasteiger partial charge in [-0.3, -0.25) is 4.79 Å². The average molecular weight is 311 g/mol. The Morgan fingerprint density at radius 3 is 2.57 bits per heavy atom. The summed E-state index contributed by atoms with van der Waals surface area (Å²) >= 11 is 0. The Bertz CT molecular complexity index is 853. The highest BCUT2D eigenvalue weighted by molar-refractivity contribution is 5.94. The Hall–Kier alpha value is -2.62. The lowest BCUT2D eigenvalue weighted by Gasteiger charge is -2.17. The van der Waals surface area contributed by atoms with Crippen molar-refractivity contribution in [3.8, 4) is 0 Å². The van der Waals surface area contributed by atoms with Crippen molar-refractivity contribution in [1.29, 1.82) is 0 Å². The largest absolute Gasteiger partial charge is 0.461 e. The van der Waals surface area contributed by atoms with Gasteiger partial charge >= 0.3 is 0 Å². The lowest BCUT2D eigenvalue weighted by molar-refractivity contribution is 0.0780. The number of para-hydroxylation sites is 1. The van der Waals surface area contributed by atoms with Gasteiger partial charge in [-0.1, -0.05) is 37.3 Å². The summed E-state index contributed by atoms with van der Waals surface area (Å²) in [6.45, 7) is 2.40. The topological polar surface area (TPSA) is 33.5 Å². The quantitative estimate of drug-likeness (QED) is 0.715. The molecule has 0 aliphatic carbocycles. The highest BCUT2D eigenvalue weighted by Gasteiger charge is 2.19. The average Bonchev–Trinajstić information content (AvgIpc) is 2.92. The lowest BCUT2D eigenvalue weighted by Crippen LogP contribution is -2.27. The lowest BCUT2D eigenvalue weighted by atomic mass is 10.1. The van der Waals surface area contributed by atoms with Gasteiger partial charge in [-0.05, 0) is 18.2 Å². The van der Waals surface area contributed by atoms with Crippen LogP contribution in [0.3, 0.4) is 0 Å². The van der Waals surface area contributed by atoms with Crippen LogP contribution in [0.2, 0.25) is 0 Å². The van der Waals surface area contributed by atoms with Crippen molar-refractivity contribution in [1.82, 2.24) is 4.90 Å². The van der Waals surface area contributed by atoms with Gasteiger partial charge in [0.25, 0.3) is 5.91 Å². The van der Waals surface area contributed by atoms with Crippen molar-refractivity contribution in [2.45, 2.75) is 19.9 Å². The molecule has 23 heavy (non-hydrogen) atoms. The predicted octanol–water partition coefficient (Wildman–Crippen LogP) is 4.41. The molecule has 1 aromatic heterocycles. The second-order valence-corrected chi connectivity index (χ2v) is 5.49. The number of carbonyl (C=O) groups is 1. The van der Waals surface area contributed by atoms with Crippen LogP contribution in [-0.4, -0.2) is 17.9 Å². The fourth-order valence-corrected chi connectivity index (χ4v) is 2.76. The maximum absolute atomic E-state index is 13.8. The minimum atomic E-state index is -0.503. The minimum Gasteiger partial charge on any atom is -0.461 e. The molecule has 0 saturated carbocycles. The van der Waals surface area contributed by atoms with E-state index in [0.29, 0.717) is 6.54 Å². The molecule has 2 aromatic carbocycles. The number of furan rings is 1. The number of fused-ring (bicyclic) bond motifs is 1. The summed E-state index contributed by atoms with van der Waals surface area (Å²) in [7, 11) is 1.68. The first-order chi connectivity index (χ1) is 11.1. The van der Waals surface area contributed by atoms with Crippen molar-refractivity contribution in [3.05, 3.63) is 71.2 Å². The zero-order valence-corrected chi connectivity index (χ0v) is 13.2. The van der Waals surface area contributed by atoms with Crippen molar-refractivity contribution in [2.75, 3.05) is 7.05 Å². The van der Waals surface area contributed by atoms with Crippen LogP contribution in [0, 0.1) is 5.82 Å². The third-order valence-electron chi connectivity index (χ3n) is 3.95. The number of carbonyl (C=O) groups excluding carboxylic acids is 1. The molecule has 0 unspecified atom stereocenters. The molecule has 0 radical (unpaired) electrons. The first-order valence-electron chi connectivity index (χ1n) is 7.61. The van der Waals surface area contributed by atoms with E-state index in [1.807, 2.05) is 31.2 Å². The summed E-state index contributed by atoms with van der Waals surface area (Å²) in [6, 6.07) is 13.8. The molecule has 0 bridgehead atoms. The summed E-state index contributed by atoms with van der Waals surface area (Å²) in [5.74, 6) is 0.0203.